The fourth-order valence-electron chi connectivity index (χ4n) is 1.75. The van der Waals surface area contributed by atoms with Crippen LogP contribution in [-0.4, -0.2) is 53.2 Å². The van der Waals surface area contributed by atoms with E-state index >= 15 is 0 Å². The summed E-state index contributed by atoms with van der Waals surface area (Å²) in [4.78, 5) is 0. The zero-order valence-electron chi connectivity index (χ0n) is 9.49. The van der Waals surface area contributed by atoms with Gasteiger partial charge in [-0.1, -0.05) is 0 Å². The van der Waals surface area contributed by atoms with Crippen LogP contribution in [0.5, 0.6) is 0 Å². The van der Waals surface area contributed by atoms with Crippen molar-refractivity contribution in [3.63, 3.8) is 0 Å². The molecule has 0 radical (unpaired) electrons. The summed E-state index contributed by atoms with van der Waals surface area (Å²) in [6, 6.07) is 0. The van der Waals surface area contributed by atoms with Crippen LogP contribution in [0.3, 0.4) is 0 Å². The summed E-state index contributed by atoms with van der Waals surface area (Å²) in [6.07, 6.45) is 0.341. The average molecular weight is 270 g/mol. The van der Waals surface area contributed by atoms with Gasteiger partial charge in [-0.15, -0.1) is 0 Å². The van der Waals surface area contributed by atoms with Crippen LogP contribution in [0.25, 0.3) is 0 Å². The molecule has 0 aromatic rings. The molecular weight excluding hydrogens is 252 g/mol. The Kier molecular flexibility index (Phi) is 3.99. The lowest BCUT2D eigenvalue weighted by Crippen LogP contribution is -2.48. The second-order valence-corrected chi connectivity index (χ2v) is 8.45. The Morgan fingerprint density at radius 1 is 1.38 bits per heavy atom. The van der Waals surface area contributed by atoms with Crippen LogP contribution in [0.1, 0.15) is 13.3 Å². The van der Waals surface area contributed by atoms with Gasteiger partial charge >= 0.3 is 0 Å². The van der Waals surface area contributed by atoms with Gasteiger partial charge in [0.05, 0.1) is 17.3 Å². The lowest BCUT2D eigenvalue weighted by molar-refractivity contribution is 0.461. The Labute approximate surface area is 96.8 Å². The Balaban J connectivity index is 2.68. The van der Waals surface area contributed by atoms with Crippen molar-refractivity contribution in [2.75, 3.05) is 30.9 Å². The quantitative estimate of drug-likeness (QED) is 0.648. The number of hydrogen-bond acceptors (Lipinski definition) is 5. The van der Waals surface area contributed by atoms with Gasteiger partial charge in [-0.05, 0) is 20.4 Å². The van der Waals surface area contributed by atoms with Crippen molar-refractivity contribution in [1.29, 1.82) is 0 Å². The minimum absolute atomic E-state index is 0.0425. The molecule has 0 aromatic carbocycles. The third kappa shape index (κ3) is 4.00. The fraction of sp³-hybridized carbons (Fsp3) is 1.00. The average Bonchev–Trinajstić information content (AvgIpc) is 2.36. The molecule has 0 amide bonds. The van der Waals surface area contributed by atoms with Gasteiger partial charge in [-0.2, -0.15) is 0 Å². The van der Waals surface area contributed by atoms with E-state index in [2.05, 4.69) is 10.0 Å². The topological polar surface area (TPSA) is 92.3 Å². The minimum Gasteiger partial charge on any atom is -0.319 e. The number of sulfonamides is 1. The maximum atomic E-state index is 11.6. The third-order valence-corrected chi connectivity index (χ3v) is 5.97. The van der Waals surface area contributed by atoms with Crippen molar-refractivity contribution in [3.8, 4) is 0 Å². The normalized spacial score (nSPS) is 29.4. The number of hydrogen-bond donors (Lipinski definition) is 2. The molecule has 1 unspecified atom stereocenters. The van der Waals surface area contributed by atoms with E-state index in [1.807, 2.05) is 0 Å². The Morgan fingerprint density at radius 2 is 2.00 bits per heavy atom. The van der Waals surface area contributed by atoms with Gasteiger partial charge in [0.25, 0.3) is 0 Å². The predicted octanol–water partition coefficient (Wildman–Crippen LogP) is -1.30. The number of sulfone groups is 1. The van der Waals surface area contributed by atoms with Crippen LogP contribution in [0.2, 0.25) is 0 Å². The van der Waals surface area contributed by atoms with Crippen LogP contribution in [0, 0.1) is 0 Å². The molecule has 1 atom stereocenters. The van der Waals surface area contributed by atoms with E-state index in [0.29, 0.717) is 13.0 Å². The van der Waals surface area contributed by atoms with Crippen molar-refractivity contribution >= 4 is 19.9 Å². The van der Waals surface area contributed by atoms with E-state index in [4.69, 9.17) is 0 Å². The lowest BCUT2D eigenvalue weighted by atomic mass is 10.0. The second-order valence-electron chi connectivity index (χ2n) is 4.43. The number of rotatable bonds is 5. The molecule has 1 aliphatic rings. The molecule has 1 saturated heterocycles. The zero-order chi connectivity index (χ0) is 12.4. The molecule has 1 aliphatic heterocycles. The van der Waals surface area contributed by atoms with Gasteiger partial charge < -0.3 is 5.32 Å². The van der Waals surface area contributed by atoms with Crippen molar-refractivity contribution in [2.24, 2.45) is 0 Å². The molecule has 1 fully saturated rings. The van der Waals surface area contributed by atoms with Crippen LogP contribution in [-0.2, 0) is 19.9 Å². The Morgan fingerprint density at radius 3 is 2.44 bits per heavy atom. The van der Waals surface area contributed by atoms with E-state index in [0.717, 1.165) is 0 Å². The van der Waals surface area contributed by atoms with Crippen LogP contribution >= 0.6 is 0 Å². The summed E-state index contributed by atoms with van der Waals surface area (Å²) < 4.78 is 48.3. The molecule has 0 spiro atoms. The predicted molar refractivity (Wildman–Crippen MR) is 62.5 cm³/mol. The molecule has 1 heterocycles. The molecule has 16 heavy (non-hydrogen) atoms. The molecule has 1 rings (SSSR count). The molecule has 6 nitrogen and oxygen atoms in total. The van der Waals surface area contributed by atoms with Gasteiger partial charge in [0, 0.05) is 12.1 Å². The summed E-state index contributed by atoms with van der Waals surface area (Å²) in [5, 5.41) is 2.74. The highest BCUT2D eigenvalue weighted by Crippen LogP contribution is 2.23. The highest BCUT2D eigenvalue weighted by molar-refractivity contribution is 7.92. The van der Waals surface area contributed by atoms with E-state index < -0.39 is 25.4 Å². The first-order valence-corrected chi connectivity index (χ1v) is 8.52. The van der Waals surface area contributed by atoms with Crippen LogP contribution in [0.15, 0.2) is 0 Å². The molecular formula is C8H18N2O4S2. The standard InChI is InChI=1S/C8H18N2O4S2/c1-8(3-5-15(11,12)7-8)10-16(13,14)6-4-9-2/h9-10H,3-7H2,1-2H3. The zero-order valence-corrected chi connectivity index (χ0v) is 11.1. The molecule has 0 aliphatic carbocycles. The molecule has 0 bridgehead atoms. The first-order valence-electron chi connectivity index (χ1n) is 5.05. The lowest BCUT2D eigenvalue weighted by Gasteiger charge is -2.23. The third-order valence-electron chi connectivity index (χ3n) is 2.53. The van der Waals surface area contributed by atoms with E-state index in [1.54, 1.807) is 14.0 Å². The molecule has 0 aromatic heterocycles. The largest absolute Gasteiger partial charge is 0.319 e. The van der Waals surface area contributed by atoms with Crippen LogP contribution < -0.4 is 10.0 Å². The van der Waals surface area contributed by atoms with E-state index in [-0.39, 0.29) is 17.3 Å². The smallest absolute Gasteiger partial charge is 0.213 e. The minimum atomic E-state index is -3.41. The van der Waals surface area contributed by atoms with Crippen LogP contribution in [0.4, 0.5) is 0 Å². The Hall–Kier alpha value is -0.180. The summed E-state index contributed by atoms with van der Waals surface area (Å²) in [5.41, 5.74) is -0.842. The van der Waals surface area contributed by atoms with Gasteiger partial charge in [-0.3, -0.25) is 0 Å². The maximum Gasteiger partial charge on any atom is 0.213 e. The van der Waals surface area contributed by atoms with Gasteiger partial charge in [0.15, 0.2) is 9.84 Å². The van der Waals surface area contributed by atoms with Crippen molar-refractivity contribution < 1.29 is 16.8 Å². The van der Waals surface area contributed by atoms with Crippen molar-refractivity contribution in [1.82, 2.24) is 10.0 Å². The first-order chi connectivity index (χ1) is 7.18. The summed E-state index contributed by atoms with van der Waals surface area (Å²) in [5.74, 6) is -0.101. The first kappa shape index (κ1) is 13.9. The van der Waals surface area contributed by atoms with E-state index in [9.17, 15) is 16.8 Å². The molecule has 2 N–H and O–H groups in total. The molecule has 8 heteroatoms. The summed E-state index contributed by atoms with van der Waals surface area (Å²) in [6.45, 7) is 1.98. The highest BCUT2D eigenvalue weighted by atomic mass is 32.2. The molecule has 96 valence electrons. The molecule has 0 saturated carbocycles. The van der Waals surface area contributed by atoms with Gasteiger partial charge in [0.2, 0.25) is 10.0 Å². The van der Waals surface area contributed by atoms with Crippen molar-refractivity contribution in [2.45, 2.75) is 18.9 Å². The highest BCUT2D eigenvalue weighted by Gasteiger charge is 2.40. The maximum absolute atomic E-state index is 11.6. The summed E-state index contributed by atoms with van der Waals surface area (Å²) in [7, 11) is -4.84. The SMILES string of the molecule is CNCCS(=O)(=O)NC1(C)CCS(=O)(=O)C1. The fourth-order valence-corrected chi connectivity index (χ4v) is 5.44. The van der Waals surface area contributed by atoms with Crippen molar-refractivity contribution in [3.05, 3.63) is 0 Å². The van der Waals surface area contributed by atoms with Gasteiger partial charge in [-0.25, -0.2) is 21.6 Å². The number of nitrogens with one attached hydrogen (secondary N) is 2. The summed E-state index contributed by atoms with van der Waals surface area (Å²) >= 11 is 0. The van der Waals surface area contributed by atoms with E-state index in [1.165, 1.54) is 0 Å². The second kappa shape index (κ2) is 4.59. The monoisotopic (exact) mass is 270 g/mol. The van der Waals surface area contributed by atoms with Gasteiger partial charge in [0.1, 0.15) is 0 Å². The Bertz CT molecular complexity index is 443.